The fraction of sp³-hybridized carbons (Fsp3) is 0.143. The summed E-state index contributed by atoms with van der Waals surface area (Å²) in [5, 5.41) is 11.4. The molecule has 1 aliphatic heterocycles. The SMILES string of the molecule is COc1ccc(C2C(C#N)=C(N)Oc3cc(C)oc(=O)c32)c2ccccc12. The first kappa shape index (κ1) is 16.7. The molecule has 0 bridgehead atoms. The second-order valence-corrected chi connectivity index (χ2v) is 6.25. The largest absolute Gasteiger partial charge is 0.496 e. The molecule has 2 aromatic carbocycles. The molecule has 0 aliphatic carbocycles. The van der Waals surface area contributed by atoms with Gasteiger partial charge in [0, 0.05) is 11.5 Å². The number of aryl methyl sites for hydroxylation is 1. The zero-order valence-electron chi connectivity index (χ0n) is 14.8. The van der Waals surface area contributed by atoms with Crippen LogP contribution in [0, 0.1) is 18.3 Å². The van der Waals surface area contributed by atoms with Crippen molar-refractivity contribution < 1.29 is 13.9 Å². The number of hydrogen-bond donors (Lipinski definition) is 1. The van der Waals surface area contributed by atoms with Crippen LogP contribution in [0.15, 0.2) is 63.1 Å². The molecule has 27 heavy (non-hydrogen) atoms. The Morgan fingerprint density at radius 2 is 1.93 bits per heavy atom. The van der Waals surface area contributed by atoms with Gasteiger partial charge in [-0.25, -0.2) is 4.79 Å². The minimum Gasteiger partial charge on any atom is -0.496 e. The van der Waals surface area contributed by atoms with E-state index in [1.807, 2.05) is 36.4 Å². The van der Waals surface area contributed by atoms with Crippen molar-refractivity contribution in [1.29, 1.82) is 5.26 Å². The van der Waals surface area contributed by atoms with Crippen LogP contribution in [0.4, 0.5) is 0 Å². The summed E-state index contributed by atoms with van der Waals surface area (Å²) in [7, 11) is 1.60. The Morgan fingerprint density at radius 1 is 1.19 bits per heavy atom. The van der Waals surface area contributed by atoms with Gasteiger partial charge in [-0.15, -0.1) is 0 Å². The van der Waals surface area contributed by atoms with Gasteiger partial charge in [-0.05, 0) is 23.9 Å². The molecular weight excluding hydrogens is 344 g/mol. The van der Waals surface area contributed by atoms with Gasteiger partial charge in [-0.2, -0.15) is 5.26 Å². The number of methoxy groups -OCH3 is 1. The zero-order chi connectivity index (χ0) is 19.1. The number of rotatable bonds is 2. The predicted octanol–water partition coefficient (Wildman–Crippen LogP) is 3.33. The van der Waals surface area contributed by atoms with Crippen LogP contribution in [0.1, 0.15) is 22.8 Å². The summed E-state index contributed by atoms with van der Waals surface area (Å²) in [5.41, 5.74) is 6.66. The summed E-state index contributed by atoms with van der Waals surface area (Å²) in [6.45, 7) is 1.66. The Hall–Kier alpha value is -3.72. The molecule has 1 aliphatic rings. The molecule has 1 atom stereocenters. The quantitative estimate of drug-likeness (QED) is 0.753. The van der Waals surface area contributed by atoms with Gasteiger partial charge in [0.25, 0.3) is 0 Å². The Labute approximate surface area is 155 Å². The van der Waals surface area contributed by atoms with E-state index in [2.05, 4.69) is 6.07 Å². The maximum Gasteiger partial charge on any atom is 0.343 e. The first-order chi connectivity index (χ1) is 13.0. The highest BCUT2D eigenvalue weighted by Crippen LogP contribution is 2.43. The Bertz CT molecular complexity index is 1200. The third-order valence-corrected chi connectivity index (χ3v) is 4.71. The Balaban J connectivity index is 2.09. The van der Waals surface area contributed by atoms with E-state index in [1.165, 1.54) is 0 Å². The molecule has 0 radical (unpaired) electrons. The molecule has 0 spiro atoms. The lowest BCUT2D eigenvalue weighted by Gasteiger charge is -2.26. The van der Waals surface area contributed by atoms with Gasteiger partial charge >= 0.3 is 5.63 Å². The number of nitrogens with two attached hydrogens (primary N) is 1. The molecule has 1 unspecified atom stereocenters. The smallest absolute Gasteiger partial charge is 0.343 e. The van der Waals surface area contributed by atoms with Crippen LogP contribution >= 0.6 is 0 Å². The number of nitriles is 1. The van der Waals surface area contributed by atoms with Crippen molar-refractivity contribution in [1.82, 2.24) is 0 Å². The molecule has 6 nitrogen and oxygen atoms in total. The van der Waals surface area contributed by atoms with Crippen LogP contribution in [-0.2, 0) is 0 Å². The van der Waals surface area contributed by atoms with E-state index in [0.717, 1.165) is 16.3 Å². The van der Waals surface area contributed by atoms with Gasteiger partial charge in [0.05, 0.1) is 18.6 Å². The summed E-state index contributed by atoms with van der Waals surface area (Å²) >= 11 is 0. The lowest BCUT2D eigenvalue weighted by atomic mass is 9.82. The van der Waals surface area contributed by atoms with Crippen molar-refractivity contribution in [2.24, 2.45) is 5.73 Å². The fourth-order valence-corrected chi connectivity index (χ4v) is 3.55. The number of fused-ring (bicyclic) bond motifs is 2. The van der Waals surface area contributed by atoms with Crippen LogP contribution in [0.25, 0.3) is 10.8 Å². The highest BCUT2D eigenvalue weighted by atomic mass is 16.5. The molecule has 2 N–H and O–H groups in total. The van der Waals surface area contributed by atoms with E-state index in [1.54, 1.807) is 20.1 Å². The molecule has 0 saturated heterocycles. The average molecular weight is 360 g/mol. The van der Waals surface area contributed by atoms with Gasteiger partial charge < -0.3 is 19.6 Å². The van der Waals surface area contributed by atoms with Gasteiger partial charge in [-0.3, -0.25) is 0 Å². The van der Waals surface area contributed by atoms with Crippen molar-refractivity contribution in [2.75, 3.05) is 7.11 Å². The molecule has 0 fully saturated rings. The van der Waals surface area contributed by atoms with Crippen molar-refractivity contribution in [3.05, 3.63) is 81.2 Å². The molecule has 1 aromatic heterocycles. The van der Waals surface area contributed by atoms with Crippen molar-refractivity contribution in [3.8, 4) is 17.6 Å². The zero-order valence-corrected chi connectivity index (χ0v) is 14.8. The number of nitrogens with zero attached hydrogens (tertiary/aromatic N) is 1. The van der Waals surface area contributed by atoms with Gasteiger partial charge in [0.1, 0.15) is 28.9 Å². The summed E-state index contributed by atoms with van der Waals surface area (Å²) in [5.74, 6) is 0.717. The first-order valence-corrected chi connectivity index (χ1v) is 8.33. The maximum absolute atomic E-state index is 12.7. The summed E-state index contributed by atoms with van der Waals surface area (Å²) in [6, 6.07) is 15.0. The van der Waals surface area contributed by atoms with E-state index < -0.39 is 11.5 Å². The van der Waals surface area contributed by atoms with E-state index >= 15 is 0 Å². The minimum absolute atomic E-state index is 0.0140. The van der Waals surface area contributed by atoms with E-state index in [4.69, 9.17) is 19.6 Å². The van der Waals surface area contributed by atoms with Crippen molar-refractivity contribution >= 4 is 10.8 Å². The highest BCUT2D eigenvalue weighted by Gasteiger charge is 2.35. The van der Waals surface area contributed by atoms with Crippen LogP contribution in [0.3, 0.4) is 0 Å². The second kappa shape index (κ2) is 6.22. The molecule has 0 amide bonds. The molecule has 2 heterocycles. The van der Waals surface area contributed by atoms with Crippen LogP contribution in [0.5, 0.6) is 11.5 Å². The Kier molecular flexibility index (Phi) is 3.85. The van der Waals surface area contributed by atoms with E-state index in [9.17, 15) is 10.1 Å². The van der Waals surface area contributed by atoms with Gasteiger partial charge in [-0.1, -0.05) is 30.3 Å². The van der Waals surface area contributed by atoms with Gasteiger partial charge in [0.15, 0.2) is 0 Å². The third kappa shape index (κ3) is 2.52. The molecule has 6 heteroatoms. The van der Waals surface area contributed by atoms with Crippen molar-refractivity contribution in [3.63, 3.8) is 0 Å². The number of benzene rings is 2. The first-order valence-electron chi connectivity index (χ1n) is 8.33. The summed E-state index contributed by atoms with van der Waals surface area (Å²) in [6.07, 6.45) is 0. The normalized spacial score (nSPS) is 15.8. The van der Waals surface area contributed by atoms with Gasteiger partial charge in [0.2, 0.25) is 5.88 Å². The van der Waals surface area contributed by atoms with E-state index in [-0.39, 0.29) is 17.0 Å². The fourth-order valence-electron chi connectivity index (χ4n) is 3.55. The lowest BCUT2D eigenvalue weighted by molar-refractivity contribution is 0.371. The number of ether oxygens (including phenoxy) is 2. The molecule has 0 saturated carbocycles. The minimum atomic E-state index is -0.689. The lowest BCUT2D eigenvalue weighted by Crippen LogP contribution is -2.26. The maximum atomic E-state index is 12.7. The molecule has 4 rings (SSSR count). The Morgan fingerprint density at radius 3 is 2.63 bits per heavy atom. The predicted molar refractivity (Wildman–Crippen MR) is 99.5 cm³/mol. The second-order valence-electron chi connectivity index (χ2n) is 6.25. The molecular formula is C21H16N2O4. The molecule has 134 valence electrons. The number of hydrogen-bond acceptors (Lipinski definition) is 6. The summed E-state index contributed by atoms with van der Waals surface area (Å²) in [4.78, 5) is 12.7. The highest BCUT2D eigenvalue weighted by molar-refractivity contribution is 5.92. The van der Waals surface area contributed by atoms with Crippen LogP contribution < -0.4 is 20.8 Å². The average Bonchev–Trinajstić information content (AvgIpc) is 2.65. The third-order valence-electron chi connectivity index (χ3n) is 4.71. The monoisotopic (exact) mass is 360 g/mol. The topological polar surface area (TPSA) is 98.5 Å². The summed E-state index contributed by atoms with van der Waals surface area (Å²) < 4.78 is 16.3. The molecule has 3 aromatic rings. The standard InChI is InChI=1S/C21H16N2O4/c1-11-9-17-19(21(24)26-11)18(15(10-22)20(23)27-17)14-7-8-16(25-2)13-6-4-3-5-12(13)14/h3-9,18H,23H2,1-2H3. The van der Waals surface area contributed by atoms with Crippen LogP contribution in [0.2, 0.25) is 0 Å². The van der Waals surface area contributed by atoms with Crippen molar-refractivity contribution in [2.45, 2.75) is 12.8 Å². The number of allylic oxidation sites excluding steroid dienone is 1. The van der Waals surface area contributed by atoms with E-state index in [0.29, 0.717) is 17.3 Å². The van der Waals surface area contributed by atoms with Crippen LogP contribution in [-0.4, -0.2) is 7.11 Å².